The third-order valence-corrected chi connectivity index (χ3v) is 3.96. The smallest absolute Gasteiger partial charge is 0.222 e. The normalized spacial score (nSPS) is 19.4. The van der Waals surface area contributed by atoms with Crippen molar-refractivity contribution in [2.75, 3.05) is 18.9 Å². The van der Waals surface area contributed by atoms with Crippen molar-refractivity contribution in [3.8, 4) is 0 Å². The summed E-state index contributed by atoms with van der Waals surface area (Å²) in [4.78, 5) is 22.0. The molecule has 1 amide bonds. The standard InChI is InChI=1S/C14H15BrN4O/c1-19-8-10(2-3-13(19)20)18-11-4-5-16-12-6-9(15)7-17-14(11)12/h4-7,10H,2-3,8H2,1H3,(H,16,18). The van der Waals surface area contributed by atoms with Crippen molar-refractivity contribution in [1.29, 1.82) is 0 Å². The Kier molecular flexibility index (Phi) is 3.56. The van der Waals surface area contributed by atoms with E-state index in [-0.39, 0.29) is 11.9 Å². The first-order valence-electron chi connectivity index (χ1n) is 6.54. The van der Waals surface area contributed by atoms with Crippen molar-refractivity contribution in [1.82, 2.24) is 14.9 Å². The molecule has 6 heteroatoms. The third-order valence-electron chi connectivity index (χ3n) is 3.53. The number of nitrogens with one attached hydrogen (secondary N) is 1. The van der Waals surface area contributed by atoms with E-state index in [1.807, 2.05) is 19.2 Å². The molecule has 0 spiro atoms. The fourth-order valence-corrected chi connectivity index (χ4v) is 2.79. The molecule has 1 N–H and O–H groups in total. The SMILES string of the molecule is CN1CC(Nc2ccnc3cc(Br)cnc23)CCC1=O. The molecule has 0 bridgehead atoms. The van der Waals surface area contributed by atoms with E-state index in [0.717, 1.165) is 34.2 Å². The number of hydrogen-bond donors (Lipinski definition) is 1. The Morgan fingerprint density at radius 3 is 3.10 bits per heavy atom. The summed E-state index contributed by atoms with van der Waals surface area (Å²) in [5.74, 6) is 0.213. The number of pyridine rings is 2. The maximum atomic E-state index is 11.5. The summed E-state index contributed by atoms with van der Waals surface area (Å²) in [6.07, 6.45) is 4.99. The van der Waals surface area contributed by atoms with Gasteiger partial charge in [0.2, 0.25) is 5.91 Å². The lowest BCUT2D eigenvalue weighted by Gasteiger charge is -2.30. The monoisotopic (exact) mass is 334 g/mol. The highest BCUT2D eigenvalue weighted by atomic mass is 79.9. The molecular formula is C14H15BrN4O. The molecule has 1 saturated heterocycles. The predicted octanol–water partition coefficient (Wildman–Crippen LogP) is 2.42. The molecule has 20 heavy (non-hydrogen) atoms. The summed E-state index contributed by atoms with van der Waals surface area (Å²) in [5.41, 5.74) is 2.68. The van der Waals surface area contributed by atoms with E-state index in [1.165, 1.54) is 0 Å². The van der Waals surface area contributed by atoms with E-state index in [1.54, 1.807) is 17.3 Å². The number of carbonyl (C=O) groups excluding carboxylic acids is 1. The van der Waals surface area contributed by atoms with Crippen molar-refractivity contribution >= 4 is 38.6 Å². The summed E-state index contributed by atoms with van der Waals surface area (Å²) in [7, 11) is 1.84. The highest BCUT2D eigenvalue weighted by Crippen LogP contribution is 2.24. The van der Waals surface area contributed by atoms with Crippen LogP contribution in [0.2, 0.25) is 0 Å². The Labute approximate surface area is 125 Å². The fourth-order valence-electron chi connectivity index (χ4n) is 2.47. The number of anilines is 1. The summed E-state index contributed by atoms with van der Waals surface area (Å²) in [6.45, 7) is 0.721. The second-order valence-corrected chi connectivity index (χ2v) is 5.95. The second kappa shape index (κ2) is 5.36. The highest BCUT2D eigenvalue weighted by molar-refractivity contribution is 9.10. The Bertz CT molecular complexity index is 661. The first kappa shape index (κ1) is 13.3. The van der Waals surface area contributed by atoms with Crippen LogP contribution in [0.1, 0.15) is 12.8 Å². The molecule has 2 aromatic rings. The summed E-state index contributed by atoms with van der Waals surface area (Å²) >= 11 is 3.40. The van der Waals surface area contributed by atoms with Crippen LogP contribution in [-0.4, -0.2) is 40.4 Å². The lowest BCUT2D eigenvalue weighted by molar-refractivity contribution is -0.132. The zero-order valence-electron chi connectivity index (χ0n) is 11.1. The number of halogens is 1. The second-order valence-electron chi connectivity index (χ2n) is 5.03. The first-order chi connectivity index (χ1) is 9.63. The predicted molar refractivity (Wildman–Crippen MR) is 81.5 cm³/mol. The van der Waals surface area contributed by atoms with E-state index in [9.17, 15) is 4.79 Å². The minimum Gasteiger partial charge on any atom is -0.379 e. The Morgan fingerprint density at radius 2 is 2.30 bits per heavy atom. The molecule has 1 unspecified atom stereocenters. The van der Waals surface area contributed by atoms with E-state index < -0.39 is 0 Å². The molecule has 1 aliphatic rings. The molecule has 3 heterocycles. The number of rotatable bonds is 2. The average Bonchev–Trinajstić information content (AvgIpc) is 2.43. The van der Waals surface area contributed by atoms with Crippen molar-refractivity contribution in [3.63, 3.8) is 0 Å². The van der Waals surface area contributed by atoms with Gasteiger partial charge >= 0.3 is 0 Å². The fraction of sp³-hybridized carbons (Fsp3) is 0.357. The van der Waals surface area contributed by atoms with Gasteiger partial charge < -0.3 is 10.2 Å². The zero-order valence-corrected chi connectivity index (χ0v) is 12.7. The Balaban J connectivity index is 1.86. The number of fused-ring (bicyclic) bond motifs is 1. The average molecular weight is 335 g/mol. The molecule has 1 atom stereocenters. The van der Waals surface area contributed by atoms with Gasteiger partial charge in [-0.05, 0) is 34.5 Å². The molecule has 0 aromatic carbocycles. The molecule has 0 aliphatic carbocycles. The molecule has 0 saturated carbocycles. The Morgan fingerprint density at radius 1 is 1.45 bits per heavy atom. The van der Waals surface area contributed by atoms with Crippen LogP contribution in [0.4, 0.5) is 5.69 Å². The van der Waals surface area contributed by atoms with Crippen molar-refractivity contribution in [3.05, 3.63) is 29.0 Å². The molecule has 1 aliphatic heterocycles. The third kappa shape index (κ3) is 2.60. The van der Waals surface area contributed by atoms with Gasteiger partial charge in [0.15, 0.2) is 0 Å². The number of likely N-dealkylation sites (N-methyl/N-ethyl adjacent to an activating group) is 1. The molecule has 0 radical (unpaired) electrons. The van der Waals surface area contributed by atoms with Gasteiger partial charge in [-0.25, -0.2) is 0 Å². The van der Waals surface area contributed by atoms with Crippen LogP contribution in [0, 0.1) is 0 Å². The van der Waals surface area contributed by atoms with Crippen LogP contribution in [0.25, 0.3) is 11.0 Å². The molecule has 2 aromatic heterocycles. The number of piperidine rings is 1. The van der Waals surface area contributed by atoms with Gasteiger partial charge in [-0.3, -0.25) is 14.8 Å². The number of hydrogen-bond acceptors (Lipinski definition) is 4. The number of nitrogens with zero attached hydrogens (tertiary/aromatic N) is 3. The van der Waals surface area contributed by atoms with Crippen molar-refractivity contribution in [2.45, 2.75) is 18.9 Å². The largest absolute Gasteiger partial charge is 0.379 e. The van der Waals surface area contributed by atoms with Crippen LogP contribution in [-0.2, 0) is 4.79 Å². The maximum absolute atomic E-state index is 11.5. The van der Waals surface area contributed by atoms with Gasteiger partial charge in [0, 0.05) is 42.9 Å². The lowest BCUT2D eigenvalue weighted by Crippen LogP contribution is -2.43. The summed E-state index contributed by atoms with van der Waals surface area (Å²) < 4.78 is 0.914. The number of likely N-dealkylation sites (tertiary alicyclic amines) is 1. The van der Waals surface area contributed by atoms with Crippen LogP contribution in [0.3, 0.4) is 0 Å². The topological polar surface area (TPSA) is 58.1 Å². The van der Waals surface area contributed by atoms with Crippen LogP contribution >= 0.6 is 15.9 Å². The molecule has 5 nitrogen and oxygen atoms in total. The zero-order chi connectivity index (χ0) is 14.1. The van der Waals surface area contributed by atoms with Gasteiger partial charge in [0.05, 0.1) is 11.2 Å². The molecular weight excluding hydrogens is 320 g/mol. The van der Waals surface area contributed by atoms with E-state index in [2.05, 4.69) is 31.2 Å². The van der Waals surface area contributed by atoms with Crippen LogP contribution in [0.15, 0.2) is 29.0 Å². The molecule has 3 rings (SSSR count). The van der Waals surface area contributed by atoms with Gasteiger partial charge in [0.1, 0.15) is 5.52 Å². The van der Waals surface area contributed by atoms with Gasteiger partial charge in [-0.2, -0.15) is 0 Å². The number of aromatic nitrogens is 2. The minimum absolute atomic E-state index is 0.213. The highest BCUT2D eigenvalue weighted by Gasteiger charge is 2.23. The quantitative estimate of drug-likeness (QED) is 0.916. The first-order valence-corrected chi connectivity index (χ1v) is 7.33. The van der Waals surface area contributed by atoms with Gasteiger partial charge in [0.25, 0.3) is 0 Å². The van der Waals surface area contributed by atoms with E-state index >= 15 is 0 Å². The summed E-state index contributed by atoms with van der Waals surface area (Å²) in [5, 5.41) is 3.48. The minimum atomic E-state index is 0.213. The summed E-state index contributed by atoms with van der Waals surface area (Å²) in [6, 6.07) is 4.14. The molecule has 1 fully saturated rings. The number of amides is 1. The van der Waals surface area contributed by atoms with Crippen molar-refractivity contribution in [2.24, 2.45) is 0 Å². The van der Waals surface area contributed by atoms with E-state index in [4.69, 9.17) is 0 Å². The van der Waals surface area contributed by atoms with Crippen LogP contribution < -0.4 is 5.32 Å². The van der Waals surface area contributed by atoms with Gasteiger partial charge in [-0.15, -0.1) is 0 Å². The number of carbonyl (C=O) groups is 1. The van der Waals surface area contributed by atoms with Crippen LogP contribution in [0.5, 0.6) is 0 Å². The maximum Gasteiger partial charge on any atom is 0.222 e. The van der Waals surface area contributed by atoms with Crippen molar-refractivity contribution < 1.29 is 4.79 Å². The van der Waals surface area contributed by atoms with Gasteiger partial charge in [-0.1, -0.05) is 0 Å². The molecule has 104 valence electrons. The van der Waals surface area contributed by atoms with E-state index in [0.29, 0.717) is 6.42 Å². The Hall–Kier alpha value is -1.69. The lowest BCUT2D eigenvalue weighted by atomic mass is 10.1.